The predicted molar refractivity (Wildman–Crippen MR) is 63.4 cm³/mol. The molecule has 0 saturated carbocycles. The second-order valence-electron chi connectivity index (χ2n) is 4.11. The summed E-state index contributed by atoms with van der Waals surface area (Å²) >= 11 is 0. The molecule has 6 nitrogen and oxygen atoms in total. The Balaban J connectivity index is 3.40. The number of aromatic nitrogens is 3. The highest BCUT2D eigenvalue weighted by Crippen LogP contribution is 2.25. The quantitative estimate of drug-likeness (QED) is 0.765. The standard InChI is InChI=1S/C9H16ClN3O3S/c1-5-6-13-7(9(2,3)16-4)11-12-8(13)17(10,14)15/h5-6H2,1-4H3. The van der Waals surface area contributed by atoms with Crippen LogP contribution in [0.15, 0.2) is 5.16 Å². The van der Waals surface area contributed by atoms with Gasteiger partial charge in [0.1, 0.15) is 5.60 Å². The van der Waals surface area contributed by atoms with Crippen molar-refractivity contribution in [1.29, 1.82) is 0 Å². The van der Waals surface area contributed by atoms with E-state index in [1.165, 1.54) is 11.7 Å². The highest BCUT2D eigenvalue weighted by atomic mass is 35.7. The van der Waals surface area contributed by atoms with Crippen molar-refractivity contribution in [2.45, 2.75) is 44.5 Å². The Labute approximate surface area is 105 Å². The summed E-state index contributed by atoms with van der Waals surface area (Å²) in [7, 11) is 2.94. The molecule has 0 aliphatic carbocycles. The third-order valence-corrected chi connectivity index (χ3v) is 3.58. The molecule has 1 aromatic rings. The van der Waals surface area contributed by atoms with E-state index in [1.54, 1.807) is 13.8 Å². The number of nitrogens with zero attached hydrogens (tertiary/aromatic N) is 3. The largest absolute Gasteiger partial charge is 0.371 e. The fraction of sp³-hybridized carbons (Fsp3) is 0.778. The van der Waals surface area contributed by atoms with Crippen molar-refractivity contribution in [3.8, 4) is 0 Å². The summed E-state index contributed by atoms with van der Waals surface area (Å²) in [6.45, 7) is 5.96. The molecule has 0 aliphatic rings. The summed E-state index contributed by atoms with van der Waals surface area (Å²) in [6.07, 6.45) is 0.740. The summed E-state index contributed by atoms with van der Waals surface area (Å²) < 4.78 is 29.5. The van der Waals surface area contributed by atoms with Gasteiger partial charge in [0.15, 0.2) is 5.82 Å². The van der Waals surface area contributed by atoms with Gasteiger partial charge in [-0.15, -0.1) is 10.2 Å². The van der Waals surface area contributed by atoms with E-state index < -0.39 is 14.7 Å². The van der Waals surface area contributed by atoms with E-state index >= 15 is 0 Å². The predicted octanol–water partition coefficient (Wildman–Crippen LogP) is 1.50. The Morgan fingerprint density at radius 1 is 1.41 bits per heavy atom. The van der Waals surface area contributed by atoms with Crippen LogP contribution < -0.4 is 0 Å². The lowest BCUT2D eigenvalue weighted by molar-refractivity contribution is 0.00772. The maximum absolute atomic E-state index is 11.4. The lowest BCUT2D eigenvalue weighted by Gasteiger charge is -2.22. The van der Waals surface area contributed by atoms with Crippen molar-refractivity contribution < 1.29 is 13.2 Å². The van der Waals surface area contributed by atoms with Gasteiger partial charge in [0.25, 0.3) is 14.2 Å². The van der Waals surface area contributed by atoms with Crippen molar-refractivity contribution in [2.75, 3.05) is 7.11 Å². The third kappa shape index (κ3) is 2.97. The zero-order chi connectivity index (χ0) is 13.3. The number of rotatable bonds is 5. The van der Waals surface area contributed by atoms with Crippen LogP contribution in [0, 0.1) is 0 Å². The number of hydrogen-bond donors (Lipinski definition) is 0. The van der Waals surface area contributed by atoms with E-state index in [2.05, 4.69) is 10.2 Å². The van der Waals surface area contributed by atoms with E-state index in [0.29, 0.717) is 12.4 Å². The molecule has 0 unspecified atom stereocenters. The molecule has 1 heterocycles. The van der Waals surface area contributed by atoms with E-state index in [-0.39, 0.29) is 5.16 Å². The highest BCUT2D eigenvalue weighted by Gasteiger charge is 2.31. The summed E-state index contributed by atoms with van der Waals surface area (Å²) in [4.78, 5) is 0. The zero-order valence-electron chi connectivity index (χ0n) is 10.3. The van der Waals surface area contributed by atoms with Crippen LogP contribution in [0.25, 0.3) is 0 Å². The average Bonchev–Trinajstić information content (AvgIpc) is 2.62. The lowest BCUT2D eigenvalue weighted by Crippen LogP contribution is -2.26. The summed E-state index contributed by atoms with van der Waals surface area (Å²) in [6, 6.07) is 0. The Morgan fingerprint density at radius 2 is 2.00 bits per heavy atom. The van der Waals surface area contributed by atoms with Crippen molar-refractivity contribution in [3.63, 3.8) is 0 Å². The number of methoxy groups -OCH3 is 1. The Kier molecular flexibility index (Phi) is 4.16. The monoisotopic (exact) mass is 281 g/mol. The van der Waals surface area contributed by atoms with Gasteiger partial charge in [-0.1, -0.05) is 6.92 Å². The molecule has 0 atom stereocenters. The molecule has 0 N–H and O–H groups in total. The summed E-state index contributed by atoms with van der Waals surface area (Å²) in [5.41, 5.74) is -0.720. The minimum atomic E-state index is -3.90. The molecule has 17 heavy (non-hydrogen) atoms. The first kappa shape index (κ1) is 14.4. The van der Waals surface area contributed by atoms with Crippen molar-refractivity contribution in [2.24, 2.45) is 0 Å². The second kappa shape index (κ2) is 4.91. The molecule has 1 aromatic heterocycles. The molecule has 8 heteroatoms. The molecule has 98 valence electrons. The van der Waals surface area contributed by atoms with Gasteiger partial charge in [-0.05, 0) is 20.3 Å². The van der Waals surface area contributed by atoms with Crippen LogP contribution in [-0.2, 0) is 25.9 Å². The molecule has 0 aromatic carbocycles. The van der Waals surface area contributed by atoms with Gasteiger partial charge in [0.2, 0.25) is 0 Å². The van der Waals surface area contributed by atoms with Gasteiger partial charge in [0.05, 0.1) is 0 Å². The molecule has 0 bridgehead atoms. The summed E-state index contributed by atoms with van der Waals surface area (Å²) in [5.74, 6) is 0.445. The van der Waals surface area contributed by atoms with Gasteiger partial charge in [0, 0.05) is 24.3 Å². The number of ether oxygens (including phenoxy) is 1. The molecular formula is C9H16ClN3O3S. The van der Waals surface area contributed by atoms with Crippen molar-refractivity contribution in [1.82, 2.24) is 14.8 Å². The van der Waals surface area contributed by atoms with Crippen LogP contribution >= 0.6 is 10.7 Å². The Morgan fingerprint density at radius 3 is 2.41 bits per heavy atom. The van der Waals surface area contributed by atoms with Gasteiger partial charge >= 0.3 is 0 Å². The first-order chi connectivity index (χ1) is 7.74. The van der Waals surface area contributed by atoms with Crippen LogP contribution in [-0.4, -0.2) is 30.3 Å². The smallest absolute Gasteiger partial charge is 0.296 e. The lowest BCUT2D eigenvalue weighted by atomic mass is 10.1. The first-order valence-corrected chi connectivity index (χ1v) is 7.48. The van der Waals surface area contributed by atoms with E-state index in [1.807, 2.05) is 6.92 Å². The van der Waals surface area contributed by atoms with Crippen LogP contribution in [0.4, 0.5) is 0 Å². The van der Waals surface area contributed by atoms with Gasteiger partial charge < -0.3 is 4.74 Å². The van der Waals surface area contributed by atoms with Crippen LogP contribution in [0.1, 0.15) is 33.0 Å². The molecule has 0 aliphatic heterocycles. The normalized spacial score (nSPS) is 13.0. The van der Waals surface area contributed by atoms with E-state index in [0.717, 1.165) is 6.42 Å². The number of halogens is 1. The minimum absolute atomic E-state index is 0.235. The number of hydrogen-bond acceptors (Lipinski definition) is 5. The maximum atomic E-state index is 11.4. The molecule has 0 spiro atoms. The molecule has 0 radical (unpaired) electrons. The minimum Gasteiger partial charge on any atom is -0.371 e. The molecule has 0 fully saturated rings. The SMILES string of the molecule is CCCn1c(C(C)(C)OC)nnc1S(=O)(=O)Cl. The van der Waals surface area contributed by atoms with Crippen molar-refractivity contribution in [3.05, 3.63) is 5.82 Å². The third-order valence-electron chi connectivity index (χ3n) is 2.43. The molecule has 1 rings (SSSR count). The molecular weight excluding hydrogens is 266 g/mol. The molecule has 0 amide bonds. The fourth-order valence-electron chi connectivity index (χ4n) is 1.43. The maximum Gasteiger partial charge on any atom is 0.296 e. The van der Waals surface area contributed by atoms with E-state index in [4.69, 9.17) is 15.4 Å². The van der Waals surface area contributed by atoms with Crippen molar-refractivity contribution >= 4 is 19.7 Å². The first-order valence-electron chi connectivity index (χ1n) is 5.17. The fourth-order valence-corrected chi connectivity index (χ4v) is 2.35. The van der Waals surface area contributed by atoms with Gasteiger partial charge in [-0.3, -0.25) is 4.57 Å². The highest BCUT2D eigenvalue weighted by molar-refractivity contribution is 8.13. The van der Waals surface area contributed by atoms with Crippen LogP contribution in [0.2, 0.25) is 0 Å². The Bertz CT molecular complexity index is 496. The van der Waals surface area contributed by atoms with Gasteiger partial charge in [-0.25, -0.2) is 8.42 Å². The zero-order valence-corrected chi connectivity index (χ0v) is 11.8. The summed E-state index contributed by atoms with van der Waals surface area (Å²) in [5, 5.41) is 7.27. The average molecular weight is 282 g/mol. The van der Waals surface area contributed by atoms with Crippen LogP contribution in [0.3, 0.4) is 0 Å². The van der Waals surface area contributed by atoms with Crippen LogP contribution in [0.5, 0.6) is 0 Å². The van der Waals surface area contributed by atoms with E-state index in [9.17, 15) is 8.42 Å². The topological polar surface area (TPSA) is 74.1 Å². The van der Waals surface area contributed by atoms with Gasteiger partial charge in [-0.2, -0.15) is 0 Å². The second-order valence-corrected chi connectivity index (χ2v) is 6.57. The molecule has 0 saturated heterocycles. The Hall–Kier alpha value is -0.660.